The molecule has 18 heavy (non-hydrogen) atoms. The topological polar surface area (TPSA) is 29.1 Å². The molecule has 0 rings (SSSR count). The molecule has 2 nitrogen and oxygen atoms in total. The lowest BCUT2D eigenvalue weighted by Gasteiger charge is -2.12. The zero-order chi connectivity index (χ0) is 13.6. The van der Waals surface area contributed by atoms with Crippen molar-refractivity contribution in [3.8, 4) is 0 Å². The van der Waals surface area contributed by atoms with Gasteiger partial charge in [-0.05, 0) is 26.3 Å². The first kappa shape index (κ1) is 18.1. The van der Waals surface area contributed by atoms with Crippen LogP contribution in [0.2, 0.25) is 0 Å². The van der Waals surface area contributed by atoms with E-state index in [-0.39, 0.29) is 0 Å². The zero-order valence-corrected chi connectivity index (χ0v) is 13.5. The Bertz CT molecular complexity index is 197. The number of hydrogen-bond donors (Lipinski definition) is 1. The molecule has 0 radical (unpaired) electrons. The molecule has 0 bridgehead atoms. The van der Waals surface area contributed by atoms with Crippen molar-refractivity contribution in [2.75, 3.05) is 18.6 Å². The molecule has 0 aliphatic carbocycles. The van der Waals surface area contributed by atoms with Crippen LogP contribution in [0.4, 0.5) is 0 Å². The Labute approximate surface area is 117 Å². The van der Waals surface area contributed by atoms with E-state index < -0.39 is 10.8 Å². The molecule has 0 fully saturated rings. The Balaban J connectivity index is 3.12. The third-order valence-corrected chi connectivity index (χ3v) is 4.17. The summed E-state index contributed by atoms with van der Waals surface area (Å²) in [6.07, 6.45) is 13.8. The van der Waals surface area contributed by atoms with Gasteiger partial charge in [0.25, 0.3) is 0 Å². The highest BCUT2D eigenvalue weighted by molar-refractivity contribution is 7.84. The Hall–Kier alpha value is 0.110. The molecule has 0 saturated heterocycles. The van der Waals surface area contributed by atoms with Gasteiger partial charge in [0.1, 0.15) is 0 Å². The van der Waals surface area contributed by atoms with Crippen LogP contribution in [0, 0.1) is 0 Å². The van der Waals surface area contributed by atoms with Gasteiger partial charge in [0.05, 0.1) is 0 Å². The quantitative estimate of drug-likeness (QED) is 0.517. The first-order valence-corrected chi connectivity index (χ1v) is 9.43. The summed E-state index contributed by atoms with van der Waals surface area (Å²) in [6.45, 7) is 5.57. The molecular formula is C15H33NOS. The molecule has 0 aromatic rings. The average molecular weight is 276 g/mol. The van der Waals surface area contributed by atoms with Crippen LogP contribution < -0.4 is 5.32 Å². The van der Waals surface area contributed by atoms with Gasteiger partial charge in [-0.3, -0.25) is 4.21 Å². The molecule has 1 N–H and O–H groups in total. The molecule has 2 unspecified atom stereocenters. The summed E-state index contributed by atoms with van der Waals surface area (Å²) >= 11 is 0. The highest BCUT2D eigenvalue weighted by Gasteiger charge is 2.01. The van der Waals surface area contributed by atoms with Gasteiger partial charge in [-0.15, -0.1) is 0 Å². The highest BCUT2D eigenvalue weighted by atomic mass is 32.2. The molecule has 0 saturated carbocycles. The third-order valence-electron chi connectivity index (χ3n) is 3.36. The number of rotatable bonds is 13. The minimum absolute atomic E-state index is 0.512. The summed E-state index contributed by atoms with van der Waals surface area (Å²) < 4.78 is 11.0. The predicted octanol–water partition coefficient (Wildman–Crippen LogP) is 3.87. The fraction of sp³-hybridized carbons (Fsp3) is 1.00. The van der Waals surface area contributed by atoms with E-state index in [1.54, 1.807) is 6.26 Å². The van der Waals surface area contributed by atoms with Crippen LogP contribution in [-0.4, -0.2) is 28.8 Å². The van der Waals surface area contributed by atoms with Crippen molar-refractivity contribution in [2.45, 2.75) is 77.7 Å². The van der Waals surface area contributed by atoms with Crippen LogP contribution in [0.1, 0.15) is 71.6 Å². The van der Waals surface area contributed by atoms with Crippen LogP contribution in [0.3, 0.4) is 0 Å². The van der Waals surface area contributed by atoms with E-state index >= 15 is 0 Å². The Morgan fingerprint density at radius 2 is 1.56 bits per heavy atom. The molecule has 0 aromatic heterocycles. The van der Waals surface area contributed by atoms with E-state index in [4.69, 9.17) is 0 Å². The first-order chi connectivity index (χ1) is 8.66. The van der Waals surface area contributed by atoms with Crippen molar-refractivity contribution >= 4 is 10.8 Å². The van der Waals surface area contributed by atoms with Crippen molar-refractivity contribution in [2.24, 2.45) is 0 Å². The summed E-state index contributed by atoms with van der Waals surface area (Å²) in [5, 5.41) is 3.51. The van der Waals surface area contributed by atoms with Crippen molar-refractivity contribution in [1.29, 1.82) is 0 Å². The van der Waals surface area contributed by atoms with Gasteiger partial charge in [-0.25, -0.2) is 0 Å². The summed E-state index contributed by atoms with van der Waals surface area (Å²) in [5.74, 6) is 0.825. The maximum Gasteiger partial charge on any atom is 0.0246 e. The van der Waals surface area contributed by atoms with Crippen LogP contribution in [-0.2, 0) is 10.8 Å². The van der Waals surface area contributed by atoms with Gasteiger partial charge in [-0.2, -0.15) is 0 Å². The predicted molar refractivity (Wildman–Crippen MR) is 83.6 cm³/mol. The van der Waals surface area contributed by atoms with Gasteiger partial charge in [-0.1, -0.05) is 51.9 Å². The van der Waals surface area contributed by atoms with Crippen molar-refractivity contribution in [3.05, 3.63) is 0 Å². The largest absolute Gasteiger partial charge is 0.314 e. The Morgan fingerprint density at radius 1 is 1.00 bits per heavy atom. The fourth-order valence-electron chi connectivity index (χ4n) is 2.05. The number of hydrogen-bond acceptors (Lipinski definition) is 2. The van der Waals surface area contributed by atoms with Crippen molar-refractivity contribution < 1.29 is 4.21 Å². The van der Waals surface area contributed by atoms with E-state index in [9.17, 15) is 4.21 Å². The molecule has 0 amide bonds. The lowest BCUT2D eigenvalue weighted by Crippen LogP contribution is -2.28. The lowest BCUT2D eigenvalue weighted by molar-refractivity contribution is 0.502. The van der Waals surface area contributed by atoms with E-state index in [1.165, 1.54) is 51.4 Å². The summed E-state index contributed by atoms with van der Waals surface area (Å²) in [7, 11) is -0.641. The second kappa shape index (κ2) is 13.5. The van der Waals surface area contributed by atoms with Gasteiger partial charge >= 0.3 is 0 Å². The molecule has 3 heteroatoms. The monoisotopic (exact) mass is 275 g/mol. The molecule has 0 aromatic carbocycles. The lowest BCUT2D eigenvalue weighted by atomic mass is 10.1. The molecule has 110 valence electrons. The maximum atomic E-state index is 11.0. The molecule has 0 aliphatic rings. The number of unbranched alkanes of at least 4 members (excludes halogenated alkanes) is 7. The fourth-order valence-corrected chi connectivity index (χ4v) is 2.74. The highest BCUT2D eigenvalue weighted by Crippen LogP contribution is 2.08. The Kier molecular flexibility index (Phi) is 13.6. The van der Waals surface area contributed by atoms with Gasteiger partial charge in [0.2, 0.25) is 0 Å². The van der Waals surface area contributed by atoms with Gasteiger partial charge in [0.15, 0.2) is 0 Å². The molecule has 0 heterocycles. The smallest absolute Gasteiger partial charge is 0.0246 e. The SMILES string of the molecule is CCCCCCCCCCNC(C)CCS(C)=O. The maximum absolute atomic E-state index is 11.0. The van der Waals surface area contributed by atoms with Crippen molar-refractivity contribution in [3.63, 3.8) is 0 Å². The summed E-state index contributed by atoms with van der Waals surface area (Å²) in [6, 6.07) is 0.512. The van der Waals surface area contributed by atoms with Crippen LogP contribution in [0.5, 0.6) is 0 Å². The van der Waals surface area contributed by atoms with E-state index in [0.717, 1.165) is 18.7 Å². The normalized spacial score (nSPS) is 14.6. The van der Waals surface area contributed by atoms with Crippen LogP contribution in [0.15, 0.2) is 0 Å². The standard InChI is InChI=1S/C15H33NOS/c1-4-5-6-7-8-9-10-11-13-16-15(2)12-14-18(3)17/h15-16H,4-14H2,1-3H3. The third kappa shape index (κ3) is 14.2. The van der Waals surface area contributed by atoms with Gasteiger partial charge < -0.3 is 5.32 Å². The van der Waals surface area contributed by atoms with E-state index in [1.807, 2.05) is 0 Å². The minimum atomic E-state index is -0.641. The molecular weight excluding hydrogens is 242 g/mol. The molecule has 2 atom stereocenters. The molecule has 0 aliphatic heterocycles. The Morgan fingerprint density at radius 3 is 2.11 bits per heavy atom. The number of nitrogens with one attached hydrogen (secondary N) is 1. The van der Waals surface area contributed by atoms with Crippen LogP contribution in [0.25, 0.3) is 0 Å². The zero-order valence-electron chi connectivity index (χ0n) is 12.7. The van der Waals surface area contributed by atoms with E-state index in [0.29, 0.717) is 6.04 Å². The van der Waals surface area contributed by atoms with Gasteiger partial charge in [0, 0.05) is 28.9 Å². The molecule has 0 spiro atoms. The summed E-state index contributed by atoms with van der Waals surface area (Å²) in [5.41, 5.74) is 0. The minimum Gasteiger partial charge on any atom is -0.314 e. The first-order valence-electron chi connectivity index (χ1n) is 7.70. The second-order valence-corrected chi connectivity index (χ2v) is 6.95. The van der Waals surface area contributed by atoms with Crippen molar-refractivity contribution in [1.82, 2.24) is 5.32 Å². The average Bonchev–Trinajstić information content (AvgIpc) is 2.34. The second-order valence-electron chi connectivity index (χ2n) is 5.40. The summed E-state index contributed by atoms with van der Waals surface area (Å²) in [4.78, 5) is 0. The van der Waals surface area contributed by atoms with Crippen LogP contribution >= 0.6 is 0 Å². The van der Waals surface area contributed by atoms with E-state index in [2.05, 4.69) is 19.2 Å².